The molecular weight excluding hydrogens is 418 g/mol. The van der Waals surface area contributed by atoms with Gasteiger partial charge in [0, 0.05) is 18.4 Å². The van der Waals surface area contributed by atoms with E-state index in [1.54, 1.807) is 6.07 Å². The van der Waals surface area contributed by atoms with E-state index < -0.39 is 10.0 Å². The average Bonchev–Trinajstić information content (AvgIpc) is 2.69. The summed E-state index contributed by atoms with van der Waals surface area (Å²) in [5.41, 5.74) is 0.946. The SMILES string of the molecule is Cc1cc(S(=O)(=O)N2CC(C)OC(CBr)C2)sc1Br. The predicted octanol–water partition coefficient (Wildman–Crippen LogP) is 2.99. The third kappa shape index (κ3) is 3.41. The molecule has 0 spiro atoms. The molecule has 108 valence electrons. The maximum atomic E-state index is 12.6. The molecule has 2 atom stereocenters. The lowest BCUT2D eigenvalue weighted by molar-refractivity contribution is -0.0410. The molecular formula is C11H15Br2NO3S2. The molecule has 2 rings (SSSR count). The van der Waals surface area contributed by atoms with Gasteiger partial charge in [-0.1, -0.05) is 15.9 Å². The van der Waals surface area contributed by atoms with Crippen molar-refractivity contribution in [2.24, 2.45) is 0 Å². The number of hydrogen-bond acceptors (Lipinski definition) is 4. The predicted molar refractivity (Wildman–Crippen MR) is 83.6 cm³/mol. The maximum absolute atomic E-state index is 12.6. The first kappa shape index (κ1) is 15.9. The van der Waals surface area contributed by atoms with Crippen molar-refractivity contribution in [1.82, 2.24) is 4.31 Å². The van der Waals surface area contributed by atoms with E-state index in [0.717, 1.165) is 9.35 Å². The average molecular weight is 433 g/mol. The minimum atomic E-state index is -3.42. The molecule has 1 saturated heterocycles. The van der Waals surface area contributed by atoms with E-state index >= 15 is 0 Å². The number of ether oxygens (including phenoxy) is 1. The molecule has 0 aromatic carbocycles. The molecule has 0 bridgehead atoms. The van der Waals surface area contributed by atoms with E-state index in [0.29, 0.717) is 22.6 Å². The number of aryl methyl sites for hydroxylation is 1. The van der Waals surface area contributed by atoms with Crippen LogP contribution in [-0.4, -0.2) is 43.4 Å². The number of halogens is 2. The highest BCUT2D eigenvalue weighted by molar-refractivity contribution is 9.11. The van der Waals surface area contributed by atoms with Crippen LogP contribution in [0.25, 0.3) is 0 Å². The van der Waals surface area contributed by atoms with Gasteiger partial charge in [-0.25, -0.2) is 8.42 Å². The Morgan fingerprint density at radius 1 is 1.53 bits per heavy atom. The first-order chi connectivity index (χ1) is 8.84. The third-order valence-electron chi connectivity index (χ3n) is 2.89. The maximum Gasteiger partial charge on any atom is 0.252 e. The van der Waals surface area contributed by atoms with Gasteiger partial charge in [-0.3, -0.25) is 0 Å². The number of thiophene rings is 1. The van der Waals surface area contributed by atoms with Gasteiger partial charge in [0.25, 0.3) is 10.0 Å². The van der Waals surface area contributed by atoms with Crippen molar-refractivity contribution in [2.45, 2.75) is 30.3 Å². The van der Waals surface area contributed by atoms with Gasteiger partial charge in [-0.05, 0) is 41.4 Å². The molecule has 0 amide bonds. The smallest absolute Gasteiger partial charge is 0.252 e. The zero-order valence-corrected chi connectivity index (χ0v) is 15.4. The van der Waals surface area contributed by atoms with Crippen LogP contribution >= 0.6 is 43.2 Å². The summed E-state index contributed by atoms with van der Waals surface area (Å²) in [6, 6.07) is 1.72. The molecule has 1 aliphatic heterocycles. The van der Waals surface area contributed by atoms with E-state index in [2.05, 4.69) is 31.9 Å². The first-order valence-corrected chi connectivity index (χ1v) is 9.99. The van der Waals surface area contributed by atoms with Gasteiger partial charge in [-0.15, -0.1) is 11.3 Å². The van der Waals surface area contributed by atoms with Gasteiger partial charge in [0.2, 0.25) is 0 Å². The zero-order chi connectivity index (χ0) is 14.2. The molecule has 2 unspecified atom stereocenters. The quantitative estimate of drug-likeness (QED) is 0.689. The fourth-order valence-electron chi connectivity index (χ4n) is 1.97. The van der Waals surface area contributed by atoms with E-state index in [1.165, 1.54) is 15.6 Å². The lowest BCUT2D eigenvalue weighted by atomic mass is 10.3. The molecule has 8 heteroatoms. The largest absolute Gasteiger partial charge is 0.372 e. The van der Waals surface area contributed by atoms with Crippen molar-refractivity contribution in [3.63, 3.8) is 0 Å². The number of rotatable bonds is 3. The molecule has 0 aliphatic carbocycles. The highest BCUT2D eigenvalue weighted by atomic mass is 79.9. The fourth-order valence-corrected chi connectivity index (χ4v) is 6.26. The normalized spacial score (nSPS) is 25.7. The van der Waals surface area contributed by atoms with Crippen LogP contribution in [0.4, 0.5) is 0 Å². The van der Waals surface area contributed by atoms with Gasteiger partial charge in [0.1, 0.15) is 4.21 Å². The second-order valence-electron chi connectivity index (χ2n) is 4.57. The van der Waals surface area contributed by atoms with Crippen molar-refractivity contribution < 1.29 is 13.2 Å². The Hall–Kier alpha value is 0.530. The first-order valence-electron chi connectivity index (χ1n) is 5.82. The van der Waals surface area contributed by atoms with E-state index in [1.807, 2.05) is 13.8 Å². The minimum Gasteiger partial charge on any atom is -0.372 e. The van der Waals surface area contributed by atoms with Crippen molar-refractivity contribution in [3.8, 4) is 0 Å². The molecule has 2 heterocycles. The lowest BCUT2D eigenvalue weighted by Gasteiger charge is -2.34. The fraction of sp³-hybridized carbons (Fsp3) is 0.636. The van der Waals surface area contributed by atoms with E-state index in [4.69, 9.17) is 4.74 Å². The van der Waals surface area contributed by atoms with Crippen LogP contribution in [-0.2, 0) is 14.8 Å². The standard InChI is InChI=1S/C11H15Br2NO3S2/c1-7-3-10(18-11(7)13)19(15,16)14-5-8(2)17-9(4-12)6-14/h3,8-9H,4-6H2,1-2H3. The second-order valence-corrected chi connectivity index (χ2v) is 9.75. The van der Waals surface area contributed by atoms with E-state index in [9.17, 15) is 8.42 Å². The summed E-state index contributed by atoms with van der Waals surface area (Å²) in [5.74, 6) is 0. The zero-order valence-electron chi connectivity index (χ0n) is 10.6. The molecule has 0 saturated carbocycles. The Labute approximate surface area is 134 Å². The van der Waals surface area contributed by atoms with Crippen LogP contribution in [0.5, 0.6) is 0 Å². The molecule has 4 nitrogen and oxygen atoms in total. The molecule has 1 fully saturated rings. The van der Waals surface area contributed by atoms with Crippen LogP contribution in [0.3, 0.4) is 0 Å². The van der Waals surface area contributed by atoms with Crippen LogP contribution < -0.4 is 0 Å². The van der Waals surface area contributed by atoms with E-state index in [-0.39, 0.29) is 12.2 Å². The number of alkyl halides is 1. The number of nitrogens with zero attached hydrogens (tertiary/aromatic N) is 1. The topological polar surface area (TPSA) is 46.6 Å². The molecule has 1 aromatic rings. The Bertz CT molecular complexity index is 539. The number of hydrogen-bond donors (Lipinski definition) is 0. The van der Waals surface area contributed by atoms with Crippen LogP contribution in [0.1, 0.15) is 12.5 Å². The van der Waals surface area contributed by atoms with Crippen LogP contribution in [0.2, 0.25) is 0 Å². The molecule has 0 radical (unpaired) electrons. The summed E-state index contributed by atoms with van der Waals surface area (Å²) in [5, 5.41) is 0.635. The Kier molecular flexibility index (Phi) is 5.12. The highest BCUT2D eigenvalue weighted by Gasteiger charge is 2.34. The Balaban J connectivity index is 2.28. The molecule has 1 aliphatic rings. The second kappa shape index (κ2) is 6.11. The van der Waals surface area contributed by atoms with Crippen LogP contribution in [0.15, 0.2) is 14.1 Å². The van der Waals surface area contributed by atoms with Gasteiger partial charge >= 0.3 is 0 Å². The Morgan fingerprint density at radius 2 is 2.21 bits per heavy atom. The van der Waals surface area contributed by atoms with Gasteiger partial charge in [0.05, 0.1) is 16.0 Å². The van der Waals surface area contributed by atoms with Crippen molar-refractivity contribution in [2.75, 3.05) is 18.4 Å². The molecule has 19 heavy (non-hydrogen) atoms. The Morgan fingerprint density at radius 3 is 2.74 bits per heavy atom. The van der Waals surface area contributed by atoms with Gasteiger partial charge < -0.3 is 4.74 Å². The van der Waals surface area contributed by atoms with Crippen molar-refractivity contribution in [1.29, 1.82) is 0 Å². The summed E-state index contributed by atoms with van der Waals surface area (Å²) in [7, 11) is -3.42. The monoisotopic (exact) mass is 431 g/mol. The molecule has 0 N–H and O–H groups in total. The summed E-state index contributed by atoms with van der Waals surface area (Å²) >= 11 is 7.99. The molecule has 1 aromatic heterocycles. The third-order valence-corrected chi connectivity index (χ3v) is 8.03. The van der Waals surface area contributed by atoms with Gasteiger partial charge in [-0.2, -0.15) is 4.31 Å². The van der Waals surface area contributed by atoms with Crippen molar-refractivity contribution in [3.05, 3.63) is 15.4 Å². The summed E-state index contributed by atoms with van der Waals surface area (Å²) < 4.78 is 33.6. The van der Waals surface area contributed by atoms with Crippen LogP contribution in [0, 0.1) is 6.92 Å². The lowest BCUT2D eigenvalue weighted by Crippen LogP contribution is -2.49. The minimum absolute atomic E-state index is 0.0874. The number of sulfonamides is 1. The summed E-state index contributed by atoms with van der Waals surface area (Å²) in [6.45, 7) is 4.59. The summed E-state index contributed by atoms with van der Waals surface area (Å²) in [4.78, 5) is 0. The highest BCUT2D eigenvalue weighted by Crippen LogP contribution is 2.33. The summed E-state index contributed by atoms with van der Waals surface area (Å²) in [6.07, 6.45) is -0.182. The van der Waals surface area contributed by atoms with Gasteiger partial charge in [0.15, 0.2) is 0 Å². The number of morpholine rings is 1. The van der Waals surface area contributed by atoms with Crippen molar-refractivity contribution >= 4 is 53.2 Å².